The summed E-state index contributed by atoms with van der Waals surface area (Å²) < 4.78 is 23.1. The van der Waals surface area contributed by atoms with Crippen molar-refractivity contribution in [3.63, 3.8) is 0 Å². The summed E-state index contributed by atoms with van der Waals surface area (Å²) in [6, 6.07) is 6.71. The van der Waals surface area contributed by atoms with Crippen LogP contribution in [0.1, 0.15) is 25.8 Å². The van der Waals surface area contributed by atoms with Crippen molar-refractivity contribution in [2.45, 2.75) is 31.7 Å². The zero-order valence-electron chi connectivity index (χ0n) is 10.9. The average Bonchev–Trinajstić information content (AvgIpc) is 2.24. The van der Waals surface area contributed by atoms with Gasteiger partial charge in [0.15, 0.2) is 9.84 Å². The summed E-state index contributed by atoms with van der Waals surface area (Å²) in [5, 5.41) is 2.74. The molecular weight excluding hydrogens is 250 g/mol. The molecule has 0 aliphatic rings. The van der Waals surface area contributed by atoms with Crippen LogP contribution >= 0.6 is 0 Å². The molecule has 0 aromatic heterocycles. The predicted molar refractivity (Wildman–Crippen MR) is 70.9 cm³/mol. The van der Waals surface area contributed by atoms with E-state index >= 15 is 0 Å². The molecule has 18 heavy (non-hydrogen) atoms. The number of carbonyl (C=O) groups is 1. The van der Waals surface area contributed by atoms with Crippen molar-refractivity contribution in [1.82, 2.24) is 5.32 Å². The van der Waals surface area contributed by atoms with Gasteiger partial charge in [0, 0.05) is 19.2 Å². The molecule has 1 aromatic carbocycles. The van der Waals surface area contributed by atoms with Gasteiger partial charge in [0.25, 0.3) is 0 Å². The van der Waals surface area contributed by atoms with Gasteiger partial charge in [-0.25, -0.2) is 8.42 Å². The lowest BCUT2D eigenvalue weighted by Gasteiger charge is -2.10. The van der Waals surface area contributed by atoms with Crippen molar-refractivity contribution >= 4 is 15.7 Å². The highest BCUT2D eigenvalue weighted by atomic mass is 32.2. The summed E-state index contributed by atoms with van der Waals surface area (Å²) in [6.07, 6.45) is 1.61. The number of nitrogens with one attached hydrogen (secondary N) is 1. The summed E-state index contributed by atoms with van der Waals surface area (Å²) >= 11 is 0. The Morgan fingerprint density at radius 1 is 1.28 bits per heavy atom. The van der Waals surface area contributed by atoms with Crippen LogP contribution in [0.15, 0.2) is 29.2 Å². The highest BCUT2D eigenvalue weighted by Crippen LogP contribution is 2.15. The molecule has 0 saturated heterocycles. The van der Waals surface area contributed by atoms with E-state index < -0.39 is 9.84 Å². The maximum atomic E-state index is 11.6. The number of hydrogen-bond donors (Lipinski definition) is 1. The summed E-state index contributed by atoms with van der Waals surface area (Å²) in [5.41, 5.74) is 0.622. The van der Waals surface area contributed by atoms with Crippen LogP contribution in [-0.4, -0.2) is 20.6 Å². The van der Waals surface area contributed by atoms with Gasteiger partial charge in [-0.15, -0.1) is 0 Å². The Hall–Kier alpha value is -1.36. The lowest BCUT2D eigenvalue weighted by Crippen LogP contribution is -2.24. The minimum Gasteiger partial charge on any atom is -0.352 e. The predicted octanol–water partition coefficient (Wildman–Crippen LogP) is 1.75. The Morgan fingerprint density at radius 3 is 2.44 bits per heavy atom. The fourth-order valence-electron chi connectivity index (χ4n) is 1.65. The van der Waals surface area contributed by atoms with Crippen molar-refractivity contribution in [2.24, 2.45) is 5.92 Å². The van der Waals surface area contributed by atoms with Crippen LogP contribution in [0.25, 0.3) is 0 Å². The van der Waals surface area contributed by atoms with E-state index in [4.69, 9.17) is 0 Å². The number of carbonyl (C=O) groups excluding carboxylic acids is 1. The lowest BCUT2D eigenvalue weighted by molar-refractivity contribution is -0.121. The molecule has 5 heteroatoms. The molecule has 0 aliphatic heterocycles. The van der Waals surface area contributed by atoms with Gasteiger partial charge in [-0.1, -0.05) is 32.0 Å². The topological polar surface area (TPSA) is 63.2 Å². The second kappa shape index (κ2) is 6.00. The first-order valence-electron chi connectivity index (χ1n) is 5.85. The van der Waals surface area contributed by atoms with Gasteiger partial charge in [0.1, 0.15) is 0 Å². The van der Waals surface area contributed by atoms with Crippen molar-refractivity contribution in [1.29, 1.82) is 0 Å². The van der Waals surface area contributed by atoms with E-state index in [-0.39, 0.29) is 23.3 Å². The van der Waals surface area contributed by atoms with Gasteiger partial charge in [0.05, 0.1) is 4.90 Å². The molecule has 0 fully saturated rings. The van der Waals surface area contributed by atoms with Crippen LogP contribution in [0, 0.1) is 5.92 Å². The molecule has 1 N–H and O–H groups in total. The second-order valence-corrected chi connectivity index (χ2v) is 6.74. The van der Waals surface area contributed by atoms with Gasteiger partial charge in [-0.2, -0.15) is 0 Å². The van der Waals surface area contributed by atoms with Crippen molar-refractivity contribution < 1.29 is 13.2 Å². The van der Waals surface area contributed by atoms with Crippen molar-refractivity contribution in [2.75, 3.05) is 6.26 Å². The summed E-state index contributed by atoms with van der Waals surface area (Å²) in [4.78, 5) is 11.8. The largest absolute Gasteiger partial charge is 0.352 e. The first kappa shape index (κ1) is 14.7. The molecule has 0 saturated carbocycles. The minimum absolute atomic E-state index is 0.0618. The van der Waals surface area contributed by atoms with Gasteiger partial charge < -0.3 is 5.32 Å². The van der Waals surface area contributed by atoms with Crippen LogP contribution in [0.5, 0.6) is 0 Å². The van der Waals surface area contributed by atoms with Crippen molar-refractivity contribution in [3.8, 4) is 0 Å². The fourth-order valence-corrected chi connectivity index (χ4v) is 2.59. The third-order valence-corrected chi connectivity index (χ3v) is 3.64. The maximum Gasteiger partial charge on any atom is 0.220 e. The lowest BCUT2D eigenvalue weighted by atomic mass is 10.1. The van der Waals surface area contributed by atoms with E-state index in [1.807, 2.05) is 13.8 Å². The Morgan fingerprint density at radius 2 is 1.89 bits per heavy atom. The van der Waals surface area contributed by atoms with Gasteiger partial charge in [-0.3, -0.25) is 4.79 Å². The van der Waals surface area contributed by atoms with Gasteiger partial charge in [-0.05, 0) is 17.5 Å². The highest BCUT2D eigenvalue weighted by molar-refractivity contribution is 7.90. The number of rotatable bonds is 5. The van der Waals surface area contributed by atoms with E-state index in [2.05, 4.69) is 5.32 Å². The second-order valence-electron chi connectivity index (χ2n) is 4.75. The average molecular weight is 269 g/mol. The molecule has 4 nitrogen and oxygen atoms in total. The molecule has 1 aromatic rings. The van der Waals surface area contributed by atoms with Crippen LogP contribution < -0.4 is 5.32 Å². The van der Waals surface area contributed by atoms with Crippen LogP contribution in [0.2, 0.25) is 0 Å². The molecule has 0 bridgehead atoms. The minimum atomic E-state index is -3.26. The van der Waals surface area contributed by atoms with Crippen LogP contribution in [0.3, 0.4) is 0 Å². The molecule has 0 radical (unpaired) electrons. The standard InChI is InChI=1S/C13H19NO3S/c1-10(2)8-13(15)14-9-11-6-4-5-7-12(11)18(3,16)17/h4-7,10H,8-9H2,1-3H3,(H,14,15). The van der Waals surface area contributed by atoms with E-state index in [0.717, 1.165) is 0 Å². The molecular formula is C13H19NO3S. The number of hydrogen-bond acceptors (Lipinski definition) is 3. The van der Waals surface area contributed by atoms with Gasteiger partial charge in [0.2, 0.25) is 5.91 Å². The summed E-state index contributed by atoms with van der Waals surface area (Å²) in [6.45, 7) is 4.17. The third kappa shape index (κ3) is 4.49. The molecule has 1 amide bonds. The van der Waals surface area contributed by atoms with Crippen molar-refractivity contribution in [3.05, 3.63) is 29.8 Å². The monoisotopic (exact) mass is 269 g/mol. The molecule has 0 spiro atoms. The quantitative estimate of drug-likeness (QED) is 0.885. The van der Waals surface area contributed by atoms with E-state index in [9.17, 15) is 13.2 Å². The summed E-state index contributed by atoms with van der Waals surface area (Å²) in [5.74, 6) is 0.225. The number of amides is 1. The van der Waals surface area contributed by atoms with Crippen LogP contribution in [0.4, 0.5) is 0 Å². The summed E-state index contributed by atoms with van der Waals surface area (Å²) in [7, 11) is -3.26. The molecule has 0 unspecified atom stereocenters. The first-order chi connectivity index (χ1) is 8.30. The Kier molecular flexibility index (Phi) is 4.90. The first-order valence-corrected chi connectivity index (χ1v) is 7.74. The van der Waals surface area contributed by atoms with E-state index in [1.54, 1.807) is 24.3 Å². The molecule has 0 atom stereocenters. The maximum absolute atomic E-state index is 11.6. The zero-order chi connectivity index (χ0) is 13.8. The zero-order valence-corrected chi connectivity index (χ0v) is 11.8. The Labute approximate surface area is 108 Å². The number of sulfone groups is 1. The smallest absolute Gasteiger partial charge is 0.220 e. The fraction of sp³-hybridized carbons (Fsp3) is 0.462. The van der Waals surface area contributed by atoms with E-state index in [1.165, 1.54) is 6.26 Å². The molecule has 100 valence electrons. The molecule has 0 heterocycles. The molecule has 1 rings (SSSR count). The van der Waals surface area contributed by atoms with Crippen LogP contribution in [-0.2, 0) is 21.2 Å². The third-order valence-electron chi connectivity index (χ3n) is 2.44. The van der Waals surface area contributed by atoms with Gasteiger partial charge >= 0.3 is 0 Å². The Balaban J connectivity index is 2.77. The van der Waals surface area contributed by atoms with E-state index in [0.29, 0.717) is 12.0 Å². The molecule has 0 aliphatic carbocycles. The normalized spacial score (nSPS) is 11.6. The Bertz CT molecular complexity index is 521. The number of benzene rings is 1. The SMILES string of the molecule is CC(C)CC(=O)NCc1ccccc1S(C)(=O)=O. The highest BCUT2D eigenvalue weighted by Gasteiger charge is 2.13.